The Labute approximate surface area is 172 Å². The van der Waals surface area contributed by atoms with Crippen molar-refractivity contribution in [1.82, 2.24) is 20.2 Å². The van der Waals surface area contributed by atoms with Crippen LogP contribution in [0.4, 0.5) is 0 Å². The maximum absolute atomic E-state index is 4.59. The van der Waals surface area contributed by atoms with Crippen LogP contribution >= 0.6 is 24.0 Å². The Bertz CT molecular complexity index is 813. The van der Waals surface area contributed by atoms with Crippen LogP contribution in [0.25, 0.3) is 10.9 Å². The molecule has 2 heterocycles. The van der Waals surface area contributed by atoms with Crippen molar-refractivity contribution >= 4 is 40.8 Å². The number of aliphatic imine (C=N–C) groups is 1. The minimum atomic E-state index is 0. The van der Waals surface area contributed by atoms with E-state index in [9.17, 15) is 0 Å². The van der Waals surface area contributed by atoms with Gasteiger partial charge in [0.15, 0.2) is 5.96 Å². The van der Waals surface area contributed by atoms with Gasteiger partial charge in [-0.1, -0.05) is 24.3 Å². The van der Waals surface area contributed by atoms with Gasteiger partial charge in [0, 0.05) is 37.5 Å². The van der Waals surface area contributed by atoms with Crippen LogP contribution in [-0.2, 0) is 13.1 Å². The van der Waals surface area contributed by atoms with E-state index < -0.39 is 0 Å². The van der Waals surface area contributed by atoms with Gasteiger partial charge in [0.05, 0.1) is 12.2 Å². The number of aryl methyl sites for hydroxylation is 1. The molecule has 0 unspecified atom stereocenters. The Morgan fingerprint density at radius 2 is 1.92 bits per heavy atom. The van der Waals surface area contributed by atoms with E-state index in [0.29, 0.717) is 6.54 Å². The molecular weight excluding hydrogens is 437 g/mol. The quantitative estimate of drug-likeness (QED) is 0.243. The van der Waals surface area contributed by atoms with Crippen LogP contribution in [0, 0.1) is 0 Å². The Hall–Kier alpha value is -2.09. The van der Waals surface area contributed by atoms with E-state index >= 15 is 0 Å². The first-order valence-corrected chi connectivity index (χ1v) is 8.83. The highest BCUT2D eigenvalue weighted by Crippen LogP contribution is 2.15. The van der Waals surface area contributed by atoms with Crippen molar-refractivity contribution in [1.29, 1.82) is 0 Å². The third kappa shape index (κ3) is 5.72. The van der Waals surface area contributed by atoms with E-state index in [2.05, 4.69) is 68.6 Å². The molecule has 0 bridgehead atoms. The zero-order chi connectivity index (χ0) is 17.3. The third-order valence-corrected chi connectivity index (χ3v) is 4.02. The van der Waals surface area contributed by atoms with Crippen molar-refractivity contribution < 1.29 is 0 Å². The molecule has 2 aromatic heterocycles. The summed E-state index contributed by atoms with van der Waals surface area (Å²) in [6, 6.07) is 16.5. The van der Waals surface area contributed by atoms with Gasteiger partial charge in [-0.3, -0.25) is 4.98 Å². The molecule has 0 radical (unpaired) electrons. The zero-order valence-corrected chi connectivity index (χ0v) is 17.4. The first-order valence-electron chi connectivity index (χ1n) is 8.83. The molecule has 26 heavy (non-hydrogen) atoms. The van der Waals surface area contributed by atoms with Gasteiger partial charge in [-0.2, -0.15) is 0 Å². The van der Waals surface area contributed by atoms with Crippen LogP contribution in [0.15, 0.2) is 65.9 Å². The third-order valence-electron chi connectivity index (χ3n) is 4.02. The van der Waals surface area contributed by atoms with Gasteiger partial charge >= 0.3 is 0 Å². The van der Waals surface area contributed by atoms with Gasteiger partial charge in [0.1, 0.15) is 0 Å². The first-order chi connectivity index (χ1) is 12.4. The van der Waals surface area contributed by atoms with Crippen molar-refractivity contribution in [2.45, 2.75) is 26.4 Å². The predicted octanol–water partition coefficient (Wildman–Crippen LogP) is 3.80. The number of guanidine groups is 1. The SMILES string of the molecule is CCNC(=NCc1ccccn1)NCCCn1ccc2ccccc21.I. The average molecular weight is 463 g/mol. The van der Waals surface area contributed by atoms with Crippen LogP contribution < -0.4 is 10.6 Å². The van der Waals surface area contributed by atoms with Gasteiger partial charge in [-0.05, 0) is 43.0 Å². The number of pyridine rings is 1. The lowest BCUT2D eigenvalue weighted by Gasteiger charge is -2.12. The molecule has 5 nitrogen and oxygen atoms in total. The van der Waals surface area contributed by atoms with Crippen LogP contribution in [0.3, 0.4) is 0 Å². The second kappa shape index (κ2) is 10.8. The molecule has 3 rings (SSSR count). The van der Waals surface area contributed by atoms with Crippen LogP contribution in [0.5, 0.6) is 0 Å². The summed E-state index contributed by atoms with van der Waals surface area (Å²) in [5, 5.41) is 7.97. The second-order valence-electron chi connectivity index (χ2n) is 5.86. The number of nitrogens with one attached hydrogen (secondary N) is 2. The molecule has 0 aliphatic heterocycles. The maximum Gasteiger partial charge on any atom is 0.191 e. The second-order valence-corrected chi connectivity index (χ2v) is 5.86. The summed E-state index contributed by atoms with van der Waals surface area (Å²) >= 11 is 0. The highest BCUT2D eigenvalue weighted by Gasteiger charge is 2.01. The van der Waals surface area contributed by atoms with Gasteiger partial charge < -0.3 is 15.2 Å². The number of hydrogen-bond acceptors (Lipinski definition) is 2. The molecular formula is C20H26IN5. The Morgan fingerprint density at radius 1 is 1.08 bits per heavy atom. The molecule has 0 fully saturated rings. The van der Waals surface area contributed by atoms with E-state index in [1.807, 2.05) is 18.2 Å². The minimum Gasteiger partial charge on any atom is -0.357 e. The lowest BCUT2D eigenvalue weighted by molar-refractivity contribution is 0.640. The number of aromatic nitrogens is 2. The molecule has 0 atom stereocenters. The fourth-order valence-electron chi connectivity index (χ4n) is 2.79. The molecule has 0 saturated heterocycles. The topological polar surface area (TPSA) is 54.2 Å². The summed E-state index contributed by atoms with van der Waals surface area (Å²) in [6.45, 7) is 5.36. The number of fused-ring (bicyclic) bond motifs is 1. The summed E-state index contributed by atoms with van der Waals surface area (Å²) in [6.07, 6.45) is 4.99. The van der Waals surface area contributed by atoms with Gasteiger partial charge in [0.25, 0.3) is 0 Å². The molecule has 6 heteroatoms. The lowest BCUT2D eigenvalue weighted by Crippen LogP contribution is -2.38. The molecule has 0 aliphatic carbocycles. The van der Waals surface area contributed by atoms with Crippen molar-refractivity contribution in [2.24, 2.45) is 4.99 Å². The summed E-state index contributed by atoms with van der Waals surface area (Å²) < 4.78 is 2.30. The van der Waals surface area contributed by atoms with E-state index in [0.717, 1.165) is 37.7 Å². The number of hydrogen-bond donors (Lipinski definition) is 2. The van der Waals surface area contributed by atoms with E-state index in [1.54, 1.807) is 6.20 Å². The fraction of sp³-hybridized carbons (Fsp3) is 0.300. The molecule has 0 saturated carbocycles. The monoisotopic (exact) mass is 463 g/mol. The summed E-state index contributed by atoms with van der Waals surface area (Å²) in [5.74, 6) is 0.838. The highest BCUT2D eigenvalue weighted by molar-refractivity contribution is 14.0. The number of benzene rings is 1. The minimum absolute atomic E-state index is 0. The Kier molecular flexibility index (Phi) is 8.40. The summed E-state index contributed by atoms with van der Waals surface area (Å²) in [5.41, 5.74) is 2.26. The van der Waals surface area contributed by atoms with Crippen molar-refractivity contribution in [2.75, 3.05) is 13.1 Å². The molecule has 3 aromatic rings. The fourth-order valence-corrected chi connectivity index (χ4v) is 2.79. The number of para-hydroxylation sites is 1. The predicted molar refractivity (Wildman–Crippen MR) is 119 cm³/mol. The number of halogens is 1. The van der Waals surface area contributed by atoms with E-state index in [1.165, 1.54) is 10.9 Å². The van der Waals surface area contributed by atoms with Crippen LogP contribution in [-0.4, -0.2) is 28.6 Å². The maximum atomic E-state index is 4.59. The summed E-state index contributed by atoms with van der Waals surface area (Å²) in [7, 11) is 0. The molecule has 1 aromatic carbocycles. The smallest absolute Gasteiger partial charge is 0.191 e. The van der Waals surface area contributed by atoms with Crippen molar-refractivity contribution in [3.8, 4) is 0 Å². The first kappa shape index (κ1) is 20.2. The van der Waals surface area contributed by atoms with Crippen LogP contribution in [0.1, 0.15) is 19.0 Å². The molecule has 0 spiro atoms. The normalized spacial score (nSPS) is 11.2. The van der Waals surface area contributed by atoms with E-state index in [4.69, 9.17) is 0 Å². The standard InChI is InChI=1S/C20H25N5.HI/c1-2-21-20(24-16-18-9-5-6-12-22-18)23-13-7-14-25-15-11-17-8-3-4-10-19(17)25;/h3-6,8-12,15H,2,7,13-14,16H2,1H3,(H2,21,23,24);1H. The van der Waals surface area contributed by atoms with Gasteiger partial charge in [-0.15, -0.1) is 24.0 Å². The number of nitrogens with zero attached hydrogens (tertiary/aromatic N) is 3. The van der Waals surface area contributed by atoms with Gasteiger partial charge in [-0.25, -0.2) is 4.99 Å². The average Bonchev–Trinajstić information content (AvgIpc) is 3.07. The summed E-state index contributed by atoms with van der Waals surface area (Å²) in [4.78, 5) is 8.90. The Morgan fingerprint density at radius 3 is 2.73 bits per heavy atom. The van der Waals surface area contributed by atoms with E-state index in [-0.39, 0.29) is 24.0 Å². The van der Waals surface area contributed by atoms with Crippen molar-refractivity contribution in [3.05, 3.63) is 66.6 Å². The lowest BCUT2D eigenvalue weighted by atomic mass is 10.2. The Balaban J connectivity index is 0.00000243. The molecule has 2 N–H and O–H groups in total. The zero-order valence-electron chi connectivity index (χ0n) is 15.1. The molecule has 0 amide bonds. The highest BCUT2D eigenvalue weighted by atomic mass is 127. The van der Waals surface area contributed by atoms with Crippen LogP contribution in [0.2, 0.25) is 0 Å². The molecule has 138 valence electrons. The van der Waals surface area contributed by atoms with Crippen molar-refractivity contribution in [3.63, 3.8) is 0 Å². The molecule has 0 aliphatic rings. The largest absolute Gasteiger partial charge is 0.357 e. The number of rotatable bonds is 7. The van der Waals surface area contributed by atoms with Gasteiger partial charge in [0.2, 0.25) is 0 Å².